The Morgan fingerprint density at radius 2 is 2.32 bits per heavy atom. The Hall–Kier alpha value is -0.710. The van der Waals surface area contributed by atoms with Gasteiger partial charge in [0.1, 0.15) is 0 Å². The fourth-order valence-corrected chi connectivity index (χ4v) is 4.31. The standard InChI is InChI=1S/C18H28N2OS/c1-2-22-13-14-5-3-6-15(11-14)20-17-8-4-7-16(17)18-12-21-10-9-19-18/h3,5-6,11,16-20H,2,4,7-10,12-13H2,1H3. The molecular weight excluding hydrogens is 292 g/mol. The molecule has 1 saturated carbocycles. The summed E-state index contributed by atoms with van der Waals surface area (Å²) >= 11 is 1.98. The third-order valence-electron chi connectivity index (χ3n) is 4.79. The molecule has 1 aliphatic carbocycles. The molecule has 1 heterocycles. The number of rotatable bonds is 6. The minimum Gasteiger partial charge on any atom is -0.382 e. The molecule has 0 bridgehead atoms. The zero-order valence-corrected chi connectivity index (χ0v) is 14.3. The summed E-state index contributed by atoms with van der Waals surface area (Å²) in [4.78, 5) is 0. The predicted molar refractivity (Wildman–Crippen MR) is 95.6 cm³/mol. The van der Waals surface area contributed by atoms with E-state index in [0.717, 1.165) is 25.5 Å². The lowest BCUT2D eigenvalue weighted by Crippen LogP contribution is -2.49. The van der Waals surface area contributed by atoms with Crippen LogP contribution in [0.15, 0.2) is 24.3 Å². The first-order chi connectivity index (χ1) is 10.9. The van der Waals surface area contributed by atoms with Gasteiger partial charge in [0.2, 0.25) is 0 Å². The van der Waals surface area contributed by atoms with E-state index in [1.807, 2.05) is 11.8 Å². The zero-order valence-electron chi connectivity index (χ0n) is 13.5. The van der Waals surface area contributed by atoms with Crippen LogP contribution in [-0.2, 0) is 10.5 Å². The normalized spacial score (nSPS) is 28.7. The second-order valence-corrected chi connectivity index (χ2v) is 7.59. The summed E-state index contributed by atoms with van der Waals surface area (Å²) in [5.41, 5.74) is 2.70. The van der Waals surface area contributed by atoms with E-state index >= 15 is 0 Å². The van der Waals surface area contributed by atoms with Crippen LogP contribution in [0.25, 0.3) is 0 Å². The Labute approximate surface area is 138 Å². The molecule has 122 valence electrons. The van der Waals surface area contributed by atoms with Crippen LogP contribution < -0.4 is 10.6 Å². The molecule has 2 fully saturated rings. The van der Waals surface area contributed by atoms with E-state index in [-0.39, 0.29) is 0 Å². The Balaban J connectivity index is 1.61. The molecule has 1 aliphatic heterocycles. The topological polar surface area (TPSA) is 33.3 Å². The van der Waals surface area contributed by atoms with Crippen LogP contribution >= 0.6 is 11.8 Å². The van der Waals surface area contributed by atoms with Crippen LogP contribution in [0.3, 0.4) is 0 Å². The van der Waals surface area contributed by atoms with Gasteiger partial charge in [0, 0.05) is 30.1 Å². The molecule has 0 amide bonds. The fraction of sp³-hybridized carbons (Fsp3) is 0.667. The van der Waals surface area contributed by atoms with Gasteiger partial charge in [0.15, 0.2) is 0 Å². The Morgan fingerprint density at radius 3 is 3.14 bits per heavy atom. The van der Waals surface area contributed by atoms with Crippen molar-refractivity contribution in [2.45, 2.75) is 44.0 Å². The summed E-state index contributed by atoms with van der Waals surface area (Å²) in [6.07, 6.45) is 3.91. The van der Waals surface area contributed by atoms with Gasteiger partial charge in [-0.3, -0.25) is 0 Å². The van der Waals surface area contributed by atoms with Gasteiger partial charge in [-0.05, 0) is 42.2 Å². The maximum Gasteiger partial charge on any atom is 0.0623 e. The number of nitrogens with one attached hydrogen (secondary N) is 2. The molecule has 3 nitrogen and oxygen atoms in total. The Bertz CT molecular complexity index is 462. The molecular formula is C18H28N2OS. The van der Waals surface area contributed by atoms with Crippen molar-refractivity contribution >= 4 is 17.4 Å². The highest BCUT2D eigenvalue weighted by molar-refractivity contribution is 7.98. The highest BCUT2D eigenvalue weighted by Crippen LogP contribution is 2.32. The monoisotopic (exact) mass is 320 g/mol. The van der Waals surface area contributed by atoms with E-state index in [0.29, 0.717) is 18.0 Å². The minimum absolute atomic E-state index is 0.521. The summed E-state index contributed by atoms with van der Waals surface area (Å²) in [5.74, 6) is 2.97. The third-order valence-corrected chi connectivity index (χ3v) is 5.73. The fourth-order valence-electron chi connectivity index (χ4n) is 3.70. The van der Waals surface area contributed by atoms with Gasteiger partial charge < -0.3 is 15.4 Å². The van der Waals surface area contributed by atoms with Crippen LogP contribution in [0.2, 0.25) is 0 Å². The average molecular weight is 321 g/mol. The van der Waals surface area contributed by atoms with Gasteiger partial charge >= 0.3 is 0 Å². The number of ether oxygens (including phenoxy) is 1. The van der Waals surface area contributed by atoms with Crippen molar-refractivity contribution in [1.29, 1.82) is 0 Å². The number of benzene rings is 1. The molecule has 2 N–H and O–H groups in total. The molecule has 2 aliphatic rings. The quantitative estimate of drug-likeness (QED) is 0.840. The molecule has 3 atom stereocenters. The molecule has 1 saturated heterocycles. The van der Waals surface area contributed by atoms with E-state index in [9.17, 15) is 0 Å². The highest BCUT2D eigenvalue weighted by Gasteiger charge is 2.34. The summed E-state index contributed by atoms with van der Waals surface area (Å²) in [7, 11) is 0. The SMILES string of the molecule is CCSCc1cccc(NC2CCCC2C2COCCN2)c1. The van der Waals surface area contributed by atoms with Crippen molar-refractivity contribution in [3.8, 4) is 0 Å². The number of anilines is 1. The van der Waals surface area contributed by atoms with Crippen LogP contribution in [0.5, 0.6) is 0 Å². The average Bonchev–Trinajstić information content (AvgIpc) is 3.02. The summed E-state index contributed by atoms with van der Waals surface area (Å²) in [6, 6.07) is 10.0. The van der Waals surface area contributed by atoms with Gasteiger partial charge in [0.05, 0.1) is 13.2 Å². The van der Waals surface area contributed by atoms with Crippen LogP contribution in [-0.4, -0.2) is 37.6 Å². The van der Waals surface area contributed by atoms with Gasteiger partial charge in [-0.15, -0.1) is 0 Å². The molecule has 4 heteroatoms. The van der Waals surface area contributed by atoms with Gasteiger partial charge in [-0.25, -0.2) is 0 Å². The number of hydrogen-bond donors (Lipinski definition) is 2. The Kier molecular flexibility index (Phi) is 6.04. The third kappa shape index (κ3) is 4.18. The lowest BCUT2D eigenvalue weighted by molar-refractivity contribution is 0.0559. The Morgan fingerprint density at radius 1 is 1.36 bits per heavy atom. The molecule has 0 radical (unpaired) electrons. The molecule has 3 rings (SSSR count). The smallest absolute Gasteiger partial charge is 0.0623 e. The number of hydrogen-bond acceptors (Lipinski definition) is 4. The molecule has 1 aromatic rings. The van der Waals surface area contributed by atoms with E-state index in [2.05, 4.69) is 41.8 Å². The van der Waals surface area contributed by atoms with Crippen LogP contribution in [0.1, 0.15) is 31.7 Å². The van der Waals surface area contributed by atoms with Crippen LogP contribution in [0, 0.1) is 5.92 Å². The van der Waals surface area contributed by atoms with E-state index in [4.69, 9.17) is 4.74 Å². The summed E-state index contributed by atoms with van der Waals surface area (Å²) < 4.78 is 5.66. The second kappa shape index (κ2) is 8.23. The molecule has 0 spiro atoms. The first-order valence-electron chi connectivity index (χ1n) is 8.61. The largest absolute Gasteiger partial charge is 0.382 e. The molecule has 1 aromatic carbocycles. The van der Waals surface area contributed by atoms with Crippen molar-refractivity contribution in [2.75, 3.05) is 30.8 Å². The maximum absolute atomic E-state index is 5.66. The summed E-state index contributed by atoms with van der Waals surface area (Å²) in [5, 5.41) is 7.45. The zero-order chi connectivity index (χ0) is 15.2. The number of morpholine rings is 1. The van der Waals surface area contributed by atoms with E-state index < -0.39 is 0 Å². The van der Waals surface area contributed by atoms with Crippen molar-refractivity contribution < 1.29 is 4.74 Å². The maximum atomic E-state index is 5.66. The molecule has 3 unspecified atom stereocenters. The summed E-state index contributed by atoms with van der Waals surface area (Å²) in [6.45, 7) is 4.95. The van der Waals surface area contributed by atoms with Gasteiger partial charge in [0.25, 0.3) is 0 Å². The van der Waals surface area contributed by atoms with E-state index in [1.54, 1.807) is 0 Å². The first kappa shape index (κ1) is 16.2. The number of thioether (sulfide) groups is 1. The van der Waals surface area contributed by atoms with Crippen molar-refractivity contribution in [2.24, 2.45) is 5.92 Å². The lowest BCUT2D eigenvalue weighted by Gasteiger charge is -2.33. The van der Waals surface area contributed by atoms with Crippen molar-refractivity contribution in [3.63, 3.8) is 0 Å². The van der Waals surface area contributed by atoms with Crippen molar-refractivity contribution in [3.05, 3.63) is 29.8 Å². The van der Waals surface area contributed by atoms with Crippen LogP contribution in [0.4, 0.5) is 5.69 Å². The van der Waals surface area contributed by atoms with Crippen molar-refractivity contribution in [1.82, 2.24) is 5.32 Å². The van der Waals surface area contributed by atoms with Gasteiger partial charge in [-0.2, -0.15) is 11.8 Å². The molecule has 0 aromatic heterocycles. The lowest BCUT2D eigenvalue weighted by atomic mass is 9.93. The predicted octanol–water partition coefficient (Wildman–Crippen LogP) is 3.51. The second-order valence-electron chi connectivity index (χ2n) is 6.32. The van der Waals surface area contributed by atoms with E-state index in [1.165, 1.54) is 36.3 Å². The highest BCUT2D eigenvalue weighted by atomic mass is 32.2. The minimum atomic E-state index is 0.521. The molecule has 22 heavy (non-hydrogen) atoms. The first-order valence-corrected chi connectivity index (χ1v) is 9.76. The van der Waals surface area contributed by atoms with Gasteiger partial charge in [-0.1, -0.05) is 25.5 Å².